The Morgan fingerprint density at radius 2 is 1.93 bits per heavy atom. The van der Waals surface area contributed by atoms with Crippen molar-refractivity contribution in [2.24, 2.45) is 17.8 Å². The minimum Gasteiger partial charge on any atom is -0.481 e. The minimum atomic E-state index is -3.59. The number of alkyl halides is 2. The summed E-state index contributed by atoms with van der Waals surface area (Å²) in [7, 11) is 0. The Morgan fingerprint density at radius 1 is 1.31 bits per heavy atom. The number of aliphatic hydroxyl groups excluding tert-OH is 1. The number of halogens is 3. The lowest BCUT2D eigenvalue weighted by Crippen LogP contribution is -2.59. The number of nitrogens with zero attached hydrogens (tertiary/aromatic N) is 4. The molecule has 5 atom stereocenters. The van der Waals surface area contributed by atoms with Crippen molar-refractivity contribution in [2.45, 2.75) is 38.3 Å². The fraction of sp³-hybridized carbons (Fsp3) is 0.632. The van der Waals surface area contributed by atoms with Gasteiger partial charge in [0.25, 0.3) is 5.92 Å². The van der Waals surface area contributed by atoms with Crippen LogP contribution in [0.1, 0.15) is 31.4 Å². The van der Waals surface area contributed by atoms with Crippen LogP contribution in [0.3, 0.4) is 0 Å². The highest BCUT2D eigenvalue weighted by molar-refractivity contribution is 5.69. The van der Waals surface area contributed by atoms with E-state index >= 15 is 4.39 Å². The summed E-state index contributed by atoms with van der Waals surface area (Å²) in [5.41, 5.74) is -1.51. The van der Waals surface area contributed by atoms with E-state index in [1.165, 1.54) is 4.90 Å². The third kappa shape index (κ3) is 3.08. The third-order valence-electron chi connectivity index (χ3n) is 6.44. The van der Waals surface area contributed by atoms with Gasteiger partial charge in [-0.15, -0.1) is 0 Å². The molecule has 1 aromatic rings. The Bertz CT molecular complexity index is 901. The van der Waals surface area contributed by atoms with Crippen molar-refractivity contribution in [3.05, 3.63) is 16.9 Å². The summed E-state index contributed by atoms with van der Waals surface area (Å²) in [6.07, 6.45) is -0.641. The molecule has 3 fully saturated rings. The highest BCUT2D eigenvalue weighted by atomic mass is 19.3. The first-order valence-electron chi connectivity index (χ1n) is 9.48. The van der Waals surface area contributed by atoms with Gasteiger partial charge in [-0.2, -0.15) is 5.26 Å². The van der Waals surface area contributed by atoms with Crippen molar-refractivity contribution < 1.29 is 28.2 Å². The highest BCUT2D eigenvalue weighted by Gasteiger charge is 2.57. The van der Waals surface area contributed by atoms with Gasteiger partial charge in [0, 0.05) is 33.0 Å². The van der Waals surface area contributed by atoms with E-state index in [0.29, 0.717) is 20.0 Å². The number of anilines is 2. The molecule has 0 aromatic carbocycles. The van der Waals surface area contributed by atoms with E-state index in [1.807, 2.05) is 0 Å². The molecule has 10 heteroatoms. The molecule has 156 valence electrons. The van der Waals surface area contributed by atoms with Gasteiger partial charge in [-0.25, -0.2) is 18.2 Å². The number of pyridine rings is 1. The smallest absolute Gasteiger partial charge is 0.303 e. The molecule has 1 saturated carbocycles. The largest absolute Gasteiger partial charge is 0.481 e. The normalized spacial score (nSPS) is 30.6. The molecule has 1 aliphatic carbocycles. The fourth-order valence-corrected chi connectivity index (χ4v) is 4.67. The molecule has 3 heterocycles. The van der Waals surface area contributed by atoms with E-state index in [9.17, 15) is 23.9 Å². The minimum absolute atomic E-state index is 0.0160. The summed E-state index contributed by atoms with van der Waals surface area (Å²) >= 11 is 0. The molecular weight excluding hydrogens is 389 g/mol. The molecule has 7 nitrogen and oxygen atoms in total. The second-order valence-corrected chi connectivity index (χ2v) is 8.28. The molecule has 0 spiro atoms. The van der Waals surface area contributed by atoms with E-state index < -0.39 is 41.0 Å². The Labute approximate surface area is 165 Å². The summed E-state index contributed by atoms with van der Waals surface area (Å²) < 4.78 is 43.7. The quantitative estimate of drug-likeness (QED) is 0.765. The number of β-amino-alcohol motifs (C(OH)–C–C–N with tert-alkyl or cyclic N) is 1. The number of carbonyl (C=O) groups is 1. The lowest BCUT2D eigenvalue weighted by molar-refractivity contribution is -0.137. The van der Waals surface area contributed by atoms with Gasteiger partial charge >= 0.3 is 5.97 Å². The average Bonchev–Trinajstić information content (AvgIpc) is 3.06. The predicted molar refractivity (Wildman–Crippen MR) is 96.2 cm³/mol. The molecule has 0 unspecified atom stereocenters. The van der Waals surface area contributed by atoms with Gasteiger partial charge in [0.05, 0.1) is 17.7 Å². The maximum atomic E-state index is 15.2. The van der Waals surface area contributed by atoms with E-state index in [-0.39, 0.29) is 42.4 Å². The zero-order valence-electron chi connectivity index (χ0n) is 15.9. The number of nitriles is 1. The molecule has 29 heavy (non-hydrogen) atoms. The summed E-state index contributed by atoms with van der Waals surface area (Å²) in [4.78, 5) is 18.2. The predicted octanol–water partition coefficient (Wildman–Crippen LogP) is 1.93. The molecule has 1 aromatic heterocycles. The first-order chi connectivity index (χ1) is 13.5. The first kappa shape index (κ1) is 19.8. The van der Waals surface area contributed by atoms with Crippen LogP contribution >= 0.6 is 0 Å². The third-order valence-corrected chi connectivity index (χ3v) is 6.44. The zero-order valence-corrected chi connectivity index (χ0v) is 15.9. The summed E-state index contributed by atoms with van der Waals surface area (Å²) in [5, 5.41) is 28.2. The molecule has 3 aliphatic rings. The topological polar surface area (TPSA) is 101 Å². The summed E-state index contributed by atoms with van der Waals surface area (Å²) in [6.45, 7) is 3.01. The Kier molecular flexibility index (Phi) is 4.42. The number of aliphatic carboxylic acids is 1. The van der Waals surface area contributed by atoms with Gasteiger partial charge < -0.3 is 20.0 Å². The van der Waals surface area contributed by atoms with Gasteiger partial charge in [0.2, 0.25) is 0 Å². The number of aromatic nitrogens is 1. The van der Waals surface area contributed by atoms with Crippen molar-refractivity contribution in [3.8, 4) is 6.07 Å². The van der Waals surface area contributed by atoms with Crippen molar-refractivity contribution in [3.63, 3.8) is 0 Å². The monoisotopic (exact) mass is 410 g/mol. The van der Waals surface area contributed by atoms with Crippen LogP contribution in [-0.4, -0.2) is 52.9 Å². The van der Waals surface area contributed by atoms with Crippen LogP contribution in [0.4, 0.5) is 24.8 Å². The number of carboxylic acids is 1. The molecule has 2 aliphatic heterocycles. The van der Waals surface area contributed by atoms with E-state index in [2.05, 4.69) is 4.98 Å². The van der Waals surface area contributed by atoms with Crippen molar-refractivity contribution in [2.75, 3.05) is 29.4 Å². The number of hydrogen-bond acceptors (Lipinski definition) is 6. The number of fused-ring (bicyclic) bond motifs is 1. The maximum absolute atomic E-state index is 15.2. The summed E-state index contributed by atoms with van der Waals surface area (Å²) in [6, 6.07) is 1.24. The van der Waals surface area contributed by atoms with Crippen LogP contribution in [0.2, 0.25) is 0 Å². The number of hydrogen-bond donors (Lipinski definition) is 2. The Morgan fingerprint density at radius 3 is 2.38 bits per heavy atom. The summed E-state index contributed by atoms with van der Waals surface area (Å²) in [5.74, 6) is -5.85. The number of rotatable bonds is 5. The zero-order chi connectivity index (χ0) is 21.2. The van der Waals surface area contributed by atoms with E-state index in [0.717, 1.165) is 0 Å². The lowest BCUT2D eigenvalue weighted by Gasteiger charge is -2.45. The maximum Gasteiger partial charge on any atom is 0.303 e. The molecule has 2 N–H and O–H groups in total. The standard InChI is InChI=1S/C19H21F3N4O3/c1-8-13(27)7-26(8)17-10(4-23)15(19(2,21)22)16(20)18(24-17)25-5-11-9(3-14(28)29)12(11)6-25/h8-9,11-13,27H,3,5-7H2,1-2H3,(H,28,29)/t8-,9-,11+,12-,13+/m0/s1. The van der Waals surface area contributed by atoms with Gasteiger partial charge in [-0.1, -0.05) is 0 Å². The Hall–Kier alpha value is -2.54. The van der Waals surface area contributed by atoms with Crippen molar-refractivity contribution >= 4 is 17.6 Å². The van der Waals surface area contributed by atoms with Crippen LogP contribution in [-0.2, 0) is 10.7 Å². The molecule has 0 radical (unpaired) electrons. The van der Waals surface area contributed by atoms with Crippen LogP contribution < -0.4 is 9.80 Å². The SMILES string of the molecule is C[C@H]1[C@H](O)CN1c1nc(N2C[C@@H]3[C@H](CC(=O)O)[C@@H]3C2)c(F)c(C(C)(F)F)c1C#N. The number of carboxylic acid groups (broad SMARTS) is 1. The van der Waals surface area contributed by atoms with Gasteiger partial charge in [0.1, 0.15) is 17.5 Å². The number of piperidine rings is 1. The lowest BCUT2D eigenvalue weighted by atomic mass is 9.97. The van der Waals surface area contributed by atoms with Gasteiger partial charge in [-0.3, -0.25) is 4.79 Å². The van der Waals surface area contributed by atoms with Crippen molar-refractivity contribution in [1.29, 1.82) is 5.26 Å². The molecule has 2 saturated heterocycles. The van der Waals surface area contributed by atoms with Crippen LogP contribution in [0, 0.1) is 34.9 Å². The molecule has 4 rings (SSSR count). The average molecular weight is 410 g/mol. The Balaban J connectivity index is 1.72. The highest BCUT2D eigenvalue weighted by Crippen LogP contribution is 2.55. The molecule has 0 bridgehead atoms. The molecular formula is C19H21F3N4O3. The van der Waals surface area contributed by atoms with Crippen LogP contribution in [0.15, 0.2) is 0 Å². The van der Waals surface area contributed by atoms with E-state index in [1.54, 1.807) is 17.9 Å². The van der Waals surface area contributed by atoms with Crippen molar-refractivity contribution in [1.82, 2.24) is 4.98 Å². The first-order valence-corrected chi connectivity index (χ1v) is 9.48. The van der Waals surface area contributed by atoms with Gasteiger partial charge in [0.15, 0.2) is 11.6 Å². The fourth-order valence-electron chi connectivity index (χ4n) is 4.67. The van der Waals surface area contributed by atoms with Crippen LogP contribution in [0.5, 0.6) is 0 Å². The second kappa shape index (κ2) is 6.49. The number of aliphatic hydroxyl groups is 1. The second-order valence-electron chi connectivity index (χ2n) is 8.28. The van der Waals surface area contributed by atoms with Crippen LogP contribution in [0.25, 0.3) is 0 Å². The van der Waals surface area contributed by atoms with E-state index in [4.69, 9.17) is 5.11 Å². The molecule has 0 amide bonds. The van der Waals surface area contributed by atoms with Gasteiger partial charge in [-0.05, 0) is 24.7 Å².